The maximum Gasteiger partial charge on any atom is 0.222 e. The molecule has 2 aromatic carbocycles. The Labute approximate surface area is 164 Å². The summed E-state index contributed by atoms with van der Waals surface area (Å²) >= 11 is 0. The number of hydrogen-bond donors (Lipinski definition) is 3. The molecule has 1 saturated heterocycles. The van der Waals surface area contributed by atoms with Gasteiger partial charge in [-0.05, 0) is 43.7 Å². The van der Waals surface area contributed by atoms with E-state index >= 15 is 0 Å². The van der Waals surface area contributed by atoms with Crippen LogP contribution < -0.4 is 5.32 Å². The fraction of sp³-hybridized carbons (Fsp3) is 0.409. The predicted molar refractivity (Wildman–Crippen MR) is 103 cm³/mol. The molecule has 2 aromatic rings. The van der Waals surface area contributed by atoms with Crippen LogP contribution in [0.1, 0.15) is 55.1 Å². The number of aliphatic hydroxyl groups is 1. The first kappa shape index (κ1) is 20.3. The number of phenolic OH excluding ortho intramolecular Hbond substituents is 1. The number of ether oxygens (including phenoxy) is 1. The fourth-order valence-electron chi connectivity index (χ4n) is 3.79. The minimum atomic E-state index is -0.607. The summed E-state index contributed by atoms with van der Waals surface area (Å²) in [5.41, 5.74) is 1.85. The van der Waals surface area contributed by atoms with Crippen LogP contribution in [-0.2, 0) is 9.53 Å². The number of carbonyl (C=O) groups is 1. The Balaban J connectivity index is 1.94. The van der Waals surface area contributed by atoms with Gasteiger partial charge in [0, 0.05) is 30.4 Å². The van der Waals surface area contributed by atoms with Gasteiger partial charge < -0.3 is 20.3 Å². The fourth-order valence-corrected chi connectivity index (χ4v) is 3.79. The van der Waals surface area contributed by atoms with E-state index in [1.54, 1.807) is 18.2 Å². The van der Waals surface area contributed by atoms with Gasteiger partial charge in [0.15, 0.2) is 0 Å². The first-order valence-corrected chi connectivity index (χ1v) is 9.42. The Morgan fingerprint density at radius 2 is 1.89 bits per heavy atom. The summed E-state index contributed by atoms with van der Waals surface area (Å²) in [6.45, 7) is 3.65. The van der Waals surface area contributed by atoms with Gasteiger partial charge >= 0.3 is 0 Å². The standard InChI is InChI=1S/C22H26FNO4/c1-14-3-8-18(26)17(11-14)20-13-22(2,24-21(27)9-10-25)12-19(28-20)15-4-6-16(23)7-5-15/h3-8,11,19-20,25-26H,9-10,12-13H2,1-2H3,(H,24,27)/t19-,20+,22-/m0/s1. The lowest BCUT2D eigenvalue weighted by Gasteiger charge is -2.43. The highest BCUT2D eigenvalue weighted by atomic mass is 19.1. The number of carbonyl (C=O) groups excluding carboxylic acids is 1. The lowest BCUT2D eigenvalue weighted by Crippen LogP contribution is -2.51. The van der Waals surface area contributed by atoms with Crippen LogP contribution in [0.4, 0.5) is 4.39 Å². The third kappa shape index (κ3) is 4.69. The first-order chi connectivity index (χ1) is 13.3. The number of rotatable bonds is 5. The molecule has 0 radical (unpaired) electrons. The molecule has 1 aliphatic heterocycles. The van der Waals surface area contributed by atoms with Crippen molar-refractivity contribution < 1.29 is 24.1 Å². The smallest absolute Gasteiger partial charge is 0.222 e. The normalized spacial score (nSPS) is 24.7. The third-order valence-corrected chi connectivity index (χ3v) is 5.15. The molecule has 6 heteroatoms. The van der Waals surface area contributed by atoms with Gasteiger partial charge in [0.05, 0.1) is 18.8 Å². The van der Waals surface area contributed by atoms with Crippen molar-refractivity contribution in [1.29, 1.82) is 0 Å². The average Bonchev–Trinajstić information content (AvgIpc) is 2.63. The van der Waals surface area contributed by atoms with E-state index < -0.39 is 11.6 Å². The second-order valence-electron chi connectivity index (χ2n) is 7.72. The number of aryl methyl sites for hydroxylation is 1. The zero-order valence-corrected chi connectivity index (χ0v) is 16.1. The Hall–Kier alpha value is -2.44. The van der Waals surface area contributed by atoms with Crippen molar-refractivity contribution >= 4 is 5.91 Å². The Kier molecular flexibility index (Phi) is 6.01. The second-order valence-corrected chi connectivity index (χ2v) is 7.72. The Bertz CT molecular complexity index is 839. The van der Waals surface area contributed by atoms with Gasteiger partial charge in [0.2, 0.25) is 5.91 Å². The SMILES string of the molecule is Cc1ccc(O)c([C@H]2C[C@@](C)(NC(=O)CCO)C[C@@H](c3ccc(F)cc3)O2)c1. The molecular weight excluding hydrogens is 361 g/mol. The number of nitrogens with one attached hydrogen (secondary N) is 1. The molecule has 150 valence electrons. The maximum atomic E-state index is 13.3. The molecule has 3 atom stereocenters. The van der Waals surface area contributed by atoms with E-state index in [0.717, 1.165) is 11.1 Å². The zero-order chi connectivity index (χ0) is 20.3. The van der Waals surface area contributed by atoms with Gasteiger partial charge in [-0.3, -0.25) is 4.79 Å². The van der Waals surface area contributed by atoms with Crippen LogP contribution in [-0.4, -0.2) is 28.3 Å². The van der Waals surface area contributed by atoms with Crippen molar-refractivity contribution in [2.45, 2.75) is 50.9 Å². The molecule has 0 unspecified atom stereocenters. The lowest BCUT2D eigenvalue weighted by molar-refractivity contribution is -0.129. The summed E-state index contributed by atoms with van der Waals surface area (Å²) < 4.78 is 19.6. The highest BCUT2D eigenvalue weighted by Gasteiger charge is 2.41. The molecule has 28 heavy (non-hydrogen) atoms. The van der Waals surface area contributed by atoms with E-state index in [1.807, 2.05) is 26.0 Å². The van der Waals surface area contributed by atoms with Crippen molar-refractivity contribution in [3.8, 4) is 5.75 Å². The number of hydrogen-bond acceptors (Lipinski definition) is 4. The second kappa shape index (κ2) is 8.29. The molecule has 3 N–H and O–H groups in total. The molecule has 1 fully saturated rings. The van der Waals surface area contributed by atoms with Crippen LogP contribution in [0.3, 0.4) is 0 Å². The molecule has 1 aliphatic rings. The van der Waals surface area contributed by atoms with E-state index in [1.165, 1.54) is 12.1 Å². The topological polar surface area (TPSA) is 78.8 Å². The predicted octanol–water partition coefficient (Wildman–Crippen LogP) is 3.69. The number of aliphatic hydroxyl groups excluding tert-OH is 1. The van der Waals surface area contributed by atoms with Gasteiger partial charge in [0.25, 0.3) is 0 Å². The maximum absolute atomic E-state index is 13.3. The molecule has 0 aliphatic carbocycles. The summed E-state index contributed by atoms with van der Waals surface area (Å²) in [4.78, 5) is 12.2. The van der Waals surface area contributed by atoms with Crippen molar-refractivity contribution in [1.82, 2.24) is 5.32 Å². The quantitative estimate of drug-likeness (QED) is 0.731. The third-order valence-electron chi connectivity index (χ3n) is 5.15. The number of phenols is 1. The van der Waals surface area contributed by atoms with Crippen molar-refractivity contribution in [2.24, 2.45) is 0 Å². The summed E-state index contributed by atoms with van der Waals surface area (Å²) in [5.74, 6) is -0.428. The summed E-state index contributed by atoms with van der Waals surface area (Å²) in [5, 5.41) is 22.4. The first-order valence-electron chi connectivity index (χ1n) is 9.42. The zero-order valence-electron chi connectivity index (χ0n) is 16.1. The number of halogens is 1. The van der Waals surface area contributed by atoms with E-state index in [2.05, 4.69) is 5.32 Å². The van der Waals surface area contributed by atoms with E-state index in [4.69, 9.17) is 9.84 Å². The molecule has 0 bridgehead atoms. The monoisotopic (exact) mass is 387 g/mol. The van der Waals surface area contributed by atoms with Gasteiger partial charge in [0.1, 0.15) is 11.6 Å². The average molecular weight is 387 g/mol. The number of benzene rings is 2. The van der Waals surface area contributed by atoms with E-state index in [0.29, 0.717) is 18.4 Å². The van der Waals surface area contributed by atoms with Crippen LogP contribution in [0.15, 0.2) is 42.5 Å². The van der Waals surface area contributed by atoms with Crippen LogP contribution in [0.2, 0.25) is 0 Å². The molecule has 0 aromatic heterocycles. The minimum absolute atomic E-state index is 0.0258. The van der Waals surface area contributed by atoms with Gasteiger partial charge in [-0.1, -0.05) is 23.8 Å². The molecular formula is C22H26FNO4. The van der Waals surface area contributed by atoms with Crippen LogP contribution >= 0.6 is 0 Å². The van der Waals surface area contributed by atoms with Gasteiger partial charge in [-0.2, -0.15) is 0 Å². The van der Waals surface area contributed by atoms with Crippen molar-refractivity contribution in [2.75, 3.05) is 6.61 Å². The van der Waals surface area contributed by atoms with Gasteiger partial charge in [-0.15, -0.1) is 0 Å². The summed E-state index contributed by atoms with van der Waals surface area (Å²) in [7, 11) is 0. The van der Waals surface area contributed by atoms with E-state index in [-0.39, 0.29) is 36.6 Å². The van der Waals surface area contributed by atoms with Crippen molar-refractivity contribution in [3.05, 3.63) is 65.0 Å². The molecule has 1 amide bonds. The minimum Gasteiger partial charge on any atom is -0.508 e. The van der Waals surface area contributed by atoms with Gasteiger partial charge in [-0.25, -0.2) is 4.39 Å². The molecule has 0 saturated carbocycles. The van der Waals surface area contributed by atoms with Crippen LogP contribution in [0.5, 0.6) is 5.75 Å². The molecule has 5 nitrogen and oxygen atoms in total. The lowest BCUT2D eigenvalue weighted by atomic mass is 9.81. The summed E-state index contributed by atoms with van der Waals surface area (Å²) in [6.07, 6.45) is 0.178. The Morgan fingerprint density at radius 3 is 2.57 bits per heavy atom. The molecule has 1 heterocycles. The van der Waals surface area contributed by atoms with E-state index in [9.17, 15) is 14.3 Å². The molecule has 3 rings (SSSR count). The largest absolute Gasteiger partial charge is 0.508 e. The van der Waals surface area contributed by atoms with Crippen LogP contribution in [0, 0.1) is 12.7 Å². The van der Waals surface area contributed by atoms with Crippen molar-refractivity contribution in [3.63, 3.8) is 0 Å². The highest BCUT2D eigenvalue weighted by molar-refractivity contribution is 5.76. The van der Waals surface area contributed by atoms with Crippen LogP contribution in [0.25, 0.3) is 0 Å². The number of aromatic hydroxyl groups is 1. The highest BCUT2D eigenvalue weighted by Crippen LogP contribution is 2.45. The Morgan fingerprint density at radius 1 is 1.21 bits per heavy atom. The summed E-state index contributed by atoms with van der Waals surface area (Å²) in [6, 6.07) is 11.5. The number of amides is 1. The molecule has 0 spiro atoms.